The van der Waals surface area contributed by atoms with Crippen molar-refractivity contribution < 1.29 is 8.78 Å². The van der Waals surface area contributed by atoms with Gasteiger partial charge in [0, 0.05) is 12.0 Å². The van der Waals surface area contributed by atoms with Gasteiger partial charge in [-0.15, -0.1) is 0 Å². The number of benzene rings is 2. The second-order valence-corrected chi connectivity index (χ2v) is 5.06. The molecule has 0 amide bonds. The van der Waals surface area contributed by atoms with Gasteiger partial charge >= 0.3 is 0 Å². The van der Waals surface area contributed by atoms with Crippen LogP contribution in [0.1, 0.15) is 18.1 Å². The molecule has 1 nitrogen and oxygen atoms in total. The van der Waals surface area contributed by atoms with Crippen LogP contribution in [0.4, 0.5) is 8.78 Å². The molecule has 3 heteroatoms. The number of rotatable bonds is 4. The normalized spacial score (nSPS) is 14.1. The van der Waals surface area contributed by atoms with E-state index in [1.165, 1.54) is 6.07 Å². The molecule has 1 unspecified atom stereocenters. The van der Waals surface area contributed by atoms with Crippen LogP contribution in [-0.4, -0.2) is 6.54 Å². The maximum Gasteiger partial charge on any atom is 0.159 e. The molecule has 0 spiro atoms. The molecule has 0 radical (unpaired) electrons. The fourth-order valence-electron chi connectivity index (χ4n) is 2.21. The number of halogens is 2. The van der Waals surface area contributed by atoms with Gasteiger partial charge < -0.3 is 5.73 Å². The molecule has 100 valence electrons. The second-order valence-electron chi connectivity index (χ2n) is 5.06. The Morgan fingerprint density at radius 2 is 1.68 bits per heavy atom. The van der Waals surface area contributed by atoms with E-state index in [9.17, 15) is 8.78 Å². The largest absolute Gasteiger partial charge is 0.330 e. The third-order valence-corrected chi connectivity index (χ3v) is 3.50. The summed E-state index contributed by atoms with van der Waals surface area (Å²) >= 11 is 0. The molecule has 0 saturated heterocycles. The van der Waals surface area contributed by atoms with Crippen LogP contribution in [0.5, 0.6) is 0 Å². The van der Waals surface area contributed by atoms with Gasteiger partial charge in [-0.25, -0.2) is 8.78 Å². The Bertz CT molecular complexity index is 554. The summed E-state index contributed by atoms with van der Waals surface area (Å²) in [7, 11) is 0. The summed E-state index contributed by atoms with van der Waals surface area (Å²) in [5.41, 5.74) is 7.30. The maximum absolute atomic E-state index is 13.4. The van der Waals surface area contributed by atoms with Gasteiger partial charge in [-0.05, 0) is 29.7 Å². The number of nitrogens with two attached hydrogens (primary N) is 1. The molecule has 0 fully saturated rings. The zero-order chi connectivity index (χ0) is 13.9. The van der Waals surface area contributed by atoms with Crippen LogP contribution in [0.25, 0.3) is 0 Å². The molecule has 0 aliphatic carbocycles. The summed E-state index contributed by atoms with van der Waals surface area (Å²) in [5.74, 6) is -1.66. The molecule has 2 N–H and O–H groups in total. The Balaban J connectivity index is 2.33. The van der Waals surface area contributed by atoms with Crippen LogP contribution in [0.3, 0.4) is 0 Å². The first kappa shape index (κ1) is 13.7. The van der Waals surface area contributed by atoms with Gasteiger partial charge in [-0.2, -0.15) is 0 Å². The first-order chi connectivity index (χ1) is 9.05. The van der Waals surface area contributed by atoms with Gasteiger partial charge in [0.05, 0.1) is 0 Å². The van der Waals surface area contributed by atoms with E-state index in [1.807, 2.05) is 37.3 Å². The molecule has 19 heavy (non-hydrogen) atoms. The quantitative estimate of drug-likeness (QED) is 0.896. The highest BCUT2D eigenvalue weighted by molar-refractivity contribution is 5.30. The highest BCUT2D eigenvalue weighted by Gasteiger charge is 2.26. The van der Waals surface area contributed by atoms with E-state index in [0.29, 0.717) is 13.0 Å². The van der Waals surface area contributed by atoms with Crippen molar-refractivity contribution in [3.63, 3.8) is 0 Å². The van der Waals surface area contributed by atoms with Gasteiger partial charge in [0.25, 0.3) is 0 Å². The second kappa shape index (κ2) is 5.49. The summed E-state index contributed by atoms with van der Waals surface area (Å²) in [5, 5.41) is 0. The van der Waals surface area contributed by atoms with E-state index in [4.69, 9.17) is 5.73 Å². The van der Waals surface area contributed by atoms with Crippen molar-refractivity contribution in [1.29, 1.82) is 0 Å². The topological polar surface area (TPSA) is 26.0 Å². The third-order valence-electron chi connectivity index (χ3n) is 3.50. The third kappa shape index (κ3) is 2.99. The minimum atomic E-state index is -0.831. The predicted octanol–water partition coefficient (Wildman–Crippen LogP) is 3.42. The van der Waals surface area contributed by atoms with Crippen molar-refractivity contribution in [1.82, 2.24) is 0 Å². The molecule has 0 saturated carbocycles. The first-order valence-electron chi connectivity index (χ1n) is 6.25. The molecular formula is C16H17F2N. The van der Waals surface area contributed by atoms with E-state index in [1.54, 1.807) is 6.07 Å². The average Bonchev–Trinajstić information content (AvgIpc) is 2.43. The number of hydrogen-bond donors (Lipinski definition) is 1. The van der Waals surface area contributed by atoms with Crippen molar-refractivity contribution in [2.45, 2.75) is 18.8 Å². The molecule has 2 aromatic carbocycles. The Morgan fingerprint density at radius 3 is 2.26 bits per heavy atom. The summed E-state index contributed by atoms with van der Waals surface area (Å²) in [6.45, 7) is 2.33. The minimum absolute atomic E-state index is 0.368. The molecule has 1 atom stereocenters. The molecule has 0 aliphatic heterocycles. The SMILES string of the molecule is CC(CN)(Cc1ccccc1)c1ccc(F)c(F)c1. The average molecular weight is 261 g/mol. The van der Waals surface area contributed by atoms with Crippen LogP contribution in [0, 0.1) is 11.6 Å². The molecule has 2 aromatic rings. The van der Waals surface area contributed by atoms with Crippen LogP contribution in [0.15, 0.2) is 48.5 Å². The van der Waals surface area contributed by atoms with Crippen molar-refractivity contribution >= 4 is 0 Å². The molecule has 0 aromatic heterocycles. The predicted molar refractivity (Wildman–Crippen MR) is 72.9 cm³/mol. The first-order valence-corrected chi connectivity index (χ1v) is 6.25. The summed E-state index contributed by atoms with van der Waals surface area (Å²) in [6, 6.07) is 13.9. The fourth-order valence-corrected chi connectivity index (χ4v) is 2.21. The summed E-state index contributed by atoms with van der Waals surface area (Å²) in [4.78, 5) is 0. The van der Waals surface area contributed by atoms with Crippen molar-refractivity contribution in [2.24, 2.45) is 5.73 Å². The lowest BCUT2D eigenvalue weighted by Crippen LogP contribution is -2.34. The highest BCUT2D eigenvalue weighted by Crippen LogP contribution is 2.28. The minimum Gasteiger partial charge on any atom is -0.330 e. The van der Waals surface area contributed by atoms with E-state index in [-0.39, 0.29) is 0 Å². The summed E-state index contributed by atoms with van der Waals surface area (Å²) in [6.07, 6.45) is 0.690. The lowest BCUT2D eigenvalue weighted by Gasteiger charge is -2.29. The molecular weight excluding hydrogens is 244 g/mol. The molecule has 0 heterocycles. The smallest absolute Gasteiger partial charge is 0.159 e. The molecule has 2 rings (SSSR count). The Kier molecular flexibility index (Phi) is 3.96. The van der Waals surface area contributed by atoms with Gasteiger partial charge in [-0.1, -0.05) is 43.3 Å². The highest BCUT2D eigenvalue weighted by atomic mass is 19.2. The Labute approximate surface area is 112 Å². The standard InChI is InChI=1S/C16H17F2N/c1-16(11-19,10-12-5-3-2-4-6-12)13-7-8-14(17)15(18)9-13/h2-9H,10-11,19H2,1H3. The Hall–Kier alpha value is -1.74. The number of hydrogen-bond acceptors (Lipinski definition) is 1. The zero-order valence-electron chi connectivity index (χ0n) is 10.9. The van der Waals surface area contributed by atoms with E-state index in [0.717, 1.165) is 17.2 Å². The lowest BCUT2D eigenvalue weighted by molar-refractivity contribution is 0.464. The fraction of sp³-hybridized carbons (Fsp3) is 0.250. The zero-order valence-corrected chi connectivity index (χ0v) is 10.9. The van der Waals surface area contributed by atoms with Gasteiger partial charge in [0.15, 0.2) is 11.6 Å². The van der Waals surface area contributed by atoms with Crippen LogP contribution in [-0.2, 0) is 11.8 Å². The van der Waals surface area contributed by atoms with Crippen LogP contribution in [0.2, 0.25) is 0 Å². The maximum atomic E-state index is 13.4. The van der Waals surface area contributed by atoms with Crippen molar-refractivity contribution in [2.75, 3.05) is 6.54 Å². The Morgan fingerprint density at radius 1 is 1.00 bits per heavy atom. The van der Waals surface area contributed by atoms with Crippen molar-refractivity contribution in [3.8, 4) is 0 Å². The lowest BCUT2D eigenvalue weighted by atomic mass is 9.77. The van der Waals surface area contributed by atoms with E-state index >= 15 is 0 Å². The molecule has 0 aliphatic rings. The van der Waals surface area contributed by atoms with E-state index < -0.39 is 17.0 Å². The van der Waals surface area contributed by atoms with Crippen molar-refractivity contribution in [3.05, 3.63) is 71.3 Å². The van der Waals surface area contributed by atoms with E-state index in [2.05, 4.69) is 0 Å². The molecule has 0 bridgehead atoms. The van der Waals surface area contributed by atoms with Crippen LogP contribution >= 0.6 is 0 Å². The van der Waals surface area contributed by atoms with Gasteiger partial charge in [-0.3, -0.25) is 0 Å². The summed E-state index contributed by atoms with van der Waals surface area (Å²) < 4.78 is 26.4. The monoisotopic (exact) mass is 261 g/mol. The van der Waals surface area contributed by atoms with Gasteiger partial charge in [0.1, 0.15) is 0 Å². The van der Waals surface area contributed by atoms with Crippen LogP contribution < -0.4 is 5.73 Å². The van der Waals surface area contributed by atoms with Gasteiger partial charge in [0.2, 0.25) is 0 Å².